The second-order valence-corrected chi connectivity index (χ2v) is 4.79. The minimum absolute atomic E-state index is 0.327. The molecule has 0 spiro atoms. The summed E-state index contributed by atoms with van der Waals surface area (Å²) in [6.45, 7) is 2.68. The molecule has 2 rings (SSSR count). The van der Waals surface area contributed by atoms with E-state index < -0.39 is 12.0 Å². The summed E-state index contributed by atoms with van der Waals surface area (Å²) < 4.78 is 0. The summed E-state index contributed by atoms with van der Waals surface area (Å²) in [6, 6.07) is 4.68. The molecule has 1 atom stereocenters. The molecule has 0 radical (unpaired) electrons. The number of carbonyl (C=O) groups is 2. The fourth-order valence-electron chi connectivity index (χ4n) is 2.29. The Morgan fingerprint density at radius 2 is 2.21 bits per heavy atom. The van der Waals surface area contributed by atoms with Gasteiger partial charge in [-0.25, -0.2) is 4.79 Å². The monoisotopic (exact) mass is 262 g/mol. The van der Waals surface area contributed by atoms with Crippen LogP contribution < -0.4 is 10.2 Å². The van der Waals surface area contributed by atoms with Crippen molar-refractivity contribution < 1.29 is 14.7 Å². The number of fused-ring (bicyclic) bond motifs is 1. The van der Waals surface area contributed by atoms with Crippen molar-refractivity contribution in [2.45, 2.75) is 25.8 Å². The Morgan fingerprint density at radius 1 is 1.47 bits per heavy atom. The second kappa shape index (κ2) is 5.30. The summed E-state index contributed by atoms with van der Waals surface area (Å²) in [6.07, 6.45) is 1.29. The Bertz CT molecular complexity index is 513. The zero-order valence-electron chi connectivity index (χ0n) is 11.1. The topological polar surface area (TPSA) is 69.6 Å². The minimum atomic E-state index is -1.00. The molecule has 0 aromatic heterocycles. The van der Waals surface area contributed by atoms with E-state index in [9.17, 15) is 9.59 Å². The highest BCUT2D eigenvalue weighted by molar-refractivity contribution is 5.97. The summed E-state index contributed by atoms with van der Waals surface area (Å²) in [4.78, 5) is 25.1. The first-order valence-corrected chi connectivity index (χ1v) is 6.40. The lowest BCUT2D eigenvalue weighted by Gasteiger charge is -2.14. The van der Waals surface area contributed by atoms with Gasteiger partial charge in [-0.1, -0.05) is 6.92 Å². The fraction of sp³-hybridized carbons (Fsp3) is 0.429. The van der Waals surface area contributed by atoms with Crippen molar-refractivity contribution in [2.75, 3.05) is 18.5 Å². The van der Waals surface area contributed by atoms with Crippen molar-refractivity contribution in [3.05, 3.63) is 29.3 Å². The summed E-state index contributed by atoms with van der Waals surface area (Å²) in [5.74, 6) is -1.33. The average Bonchev–Trinajstić information content (AvgIpc) is 2.76. The van der Waals surface area contributed by atoms with Crippen LogP contribution in [0, 0.1) is 0 Å². The van der Waals surface area contributed by atoms with Crippen LogP contribution in [-0.2, 0) is 11.2 Å². The Morgan fingerprint density at radius 3 is 2.84 bits per heavy atom. The maximum absolute atomic E-state index is 12.0. The number of aliphatic carboxylic acids is 1. The quantitative estimate of drug-likeness (QED) is 0.857. The smallest absolute Gasteiger partial charge is 0.326 e. The van der Waals surface area contributed by atoms with Gasteiger partial charge < -0.3 is 15.3 Å². The molecule has 1 aromatic rings. The van der Waals surface area contributed by atoms with Gasteiger partial charge in [-0.3, -0.25) is 4.79 Å². The summed E-state index contributed by atoms with van der Waals surface area (Å²) in [5, 5.41) is 11.5. The van der Waals surface area contributed by atoms with E-state index in [0.717, 1.165) is 24.2 Å². The third-order valence-corrected chi connectivity index (χ3v) is 3.48. The highest BCUT2D eigenvalue weighted by Crippen LogP contribution is 2.27. The number of nitrogens with zero attached hydrogens (tertiary/aromatic N) is 1. The second-order valence-electron chi connectivity index (χ2n) is 4.79. The number of carbonyl (C=O) groups excluding carboxylic acids is 1. The van der Waals surface area contributed by atoms with E-state index in [-0.39, 0.29) is 5.91 Å². The molecule has 5 heteroatoms. The molecule has 1 aromatic carbocycles. The van der Waals surface area contributed by atoms with Crippen LogP contribution in [0.2, 0.25) is 0 Å². The zero-order valence-corrected chi connectivity index (χ0v) is 11.1. The molecule has 1 amide bonds. The third kappa shape index (κ3) is 2.70. The molecular weight excluding hydrogens is 244 g/mol. The Kier molecular flexibility index (Phi) is 3.74. The molecule has 5 nitrogen and oxygen atoms in total. The molecule has 19 heavy (non-hydrogen) atoms. The number of benzene rings is 1. The lowest BCUT2D eigenvalue weighted by atomic mass is 10.1. The van der Waals surface area contributed by atoms with Gasteiger partial charge in [-0.2, -0.15) is 0 Å². The molecule has 0 fully saturated rings. The lowest BCUT2D eigenvalue weighted by molar-refractivity contribution is -0.139. The highest BCUT2D eigenvalue weighted by atomic mass is 16.4. The molecular formula is C14H18N2O3. The molecule has 0 saturated carbocycles. The number of nitrogens with one attached hydrogen (secondary N) is 1. The Hall–Kier alpha value is -2.04. The van der Waals surface area contributed by atoms with Crippen LogP contribution in [0.15, 0.2) is 18.2 Å². The van der Waals surface area contributed by atoms with Crippen LogP contribution in [0.3, 0.4) is 0 Å². The standard InChI is InChI=1S/C14H18N2O3/c1-3-11(14(18)19)15-13(17)10-4-5-12-9(8-10)6-7-16(12)2/h4-5,8,11H,3,6-7H2,1-2H3,(H,15,17)(H,18,19). The largest absolute Gasteiger partial charge is 0.480 e. The number of amides is 1. The molecule has 1 aliphatic rings. The highest BCUT2D eigenvalue weighted by Gasteiger charge is 2.21. The number of hydrogen-bond acceptors (Lipinski definition) is 3. The van der Waals surface area contributed by atoms with Gasteiger partial charge in [0.05, 0.1) is 0 Å². The van der Waals surface area contributed by atoms with Crippen LogP contribution in [0.1, 0.15) is 29.3 Å². The van der Waals surface area contributed by atoms with E-state index in [1.165, 1.54) is 0 Å². The first kappa shape index (κ1) is 13.4. The van der Waals surface area contributed by atoms with Gasteiger partial charge in [0.15, 0.2) is 0 Å². The van der Waals surface area contributed by atoms with Crippen molar-refractivity contribution in [1.82, 2.24) is 5.32 Å². The van der Waals surface area contributed by atoms with Crippen LogP contribution in [0.4, 0.5) is 5.69 Å². The normalized spacial score (nSPS) is 14.9. The van der Waals surface area contributed by atoms with Crippen LogP contribution in [-0.4, -0.2) is 36.6 Å². The van der Waals surface area contributed by atoms with Gasteiger partial charge in [0.1, 0.15) is 6.04 Å². The third-order valence-electron chi connectivity index (χ3n) is 3.48. The fourth-order valence-corrected chi connectivity index (χ4v) is 2.29. The summed E-state index contributed by atoms with van der Waals surface area (Å²) in [7, 11) is 2.02. The van der Waals surface area contributed by atoms with Crippen molar-refractivity contribution >= 4 is 17.6 Å². The summed E-state index contributed by atoms with van der Waals surface area (Å²) in [5.41, 5.74) is 2.80. The van der Waals surface area contributed by atoms with Gasteiger partial charge in [0.2, 0.25) is 0 Å². The van der Waals surface area contributed by atoms with Gasteiger partial charge in [0.25, 0.3) is 5.91 Å². The molecule has 1 unspecified atom stereocenters. The number of likely N-dealkylation sites (N-methyl/N-ethyl adjacent to an activating group) is 1. The first-order valence-electron chi connectivity index (χ1n) is 6.40. The zero-order chi connectivity index (χ0) is 14.0. The number of hydrogen-bond donors (Lipinski definition) is 2. The van der Waals surface area contributed by atoms with Crippen LogP contribution in [0.25, 0.3) is 0 Å². The molecule has 1 heterocycles. The molecule has 102 valence electrons. The molecule has 2 N–H and O–H groups in total. The Balaban J connectivity index is 2.14. The minimum Gasteiger partial charge on any atom is -0.480 e. The molecule has 0 bridgehead atoms. The van der Waals surface area contributed by atoms with E-state index in [2.05, 4.69) is 10.2 Å². The van der Waals surface area contributed by atoms with E-state index in [0.29, 0.717) is 12.0 Å². The van der Waals surface area contributed by atoms with Crippen LogP contribution in [0.5, 0.6) is 0 Å². The van der Waals surface area contributed by atoms with Crippen molar-refractivity contribution in [3.8, 4) is 0 Å². The molecule has 0 saturated heterocycles. The van der Waals surface area contributed by atoms with Gasteiger partial charge in [-0.15, -0.1) is 0 Å². The van der Waals surface area contributed by atoms with Gasteiger partial charge >= 0.3 is 5.97 Å². The van der Waals surface area contributed by atoms with E-state index in [1.54, 1.807) is 13.0 Å². The van der Waals surface area contributed by atoms with Crippen molar-refractivity contribution in [2.24, 2.45) is 0 Å². The Labute approximate surface area is 112 Å². The van der Waals surface area contributed by atoms with Crippen molar-refractivity contribution in [3.63, 3.8) is 0 Å². The first-order chi connectivity index (χ1) is 9.02. The predicted molar refractivity (Wildman–Crippen MR) is 72.6 cm³/mol. The number of carboxylic acids is 1. The predicted octanol–water partition coefficient (Wildman–Crippen LogP) is 1.27. The SMILES string of the molecule is CCC(NC(=O)c1ccc2c(c1)CCN2C)C(=O)O. The van der Waals surface area contributed by atoms with E-state index in [4.69, 9.17) is 5.11 Å². The number of anilines is 1. The maximum Gasteiger partial charge on any atom is 0.326 e. The number of rotatable bonds is 4. The molecule has 0 aliphatic carbocycles. The van der Waals surface area contributed by atoms with Gasteiger partial charge in [-0.05, 0) is 36.6 Å². The molecule has 1 aliphatic heterocycles. The average molecular weight is 262 g/mol. The van der Waals surface area contributed by atoms with Crippen molar-refractivity contribution in [1.29, 1.82) is 0 Å². The maximum atomic E-state index is 12.0. The van der Waals surface area contributed by atoms with Crippen LogP contribution >= 0.6 is 0 Å². The van der Waals surface area contributed by atoms with E-state index >= 15 is 0 Å². The van der Waals surface area contributed by atoms with E-state index in [1.807, 2.05) is 19.2 Å². The number of carboxylic acid groups (broad SMARTS) is 1. The lowest BCUT2D eigenvalue weighted by Crippen LogP contribution is -2.40. The van der Waals surface area contributed by atoms with Gasteiger partial charge in [0, 0.05) is 24.8 Å². The summed E-state index contributed by atoms with van der Waals surface area (Å²) >= 11 is 0.